The van der Waals surface area contributed by atoms with Crippen LogP contribution < -0.4 is 5.32 Å². The van der Waals surface area contributed by atoms with Crippen molar-refractivity contribution in [2.24, 2.45) is 16.8 Å². The van der Waals surface area contributed by atoms with Gasteiger partial charge in [0.1, 0.15) is 6.54 Å². The van der Waals surface area contributed by atoms with Crippen LogP contribution in [0.15, 0.2) is 71.2 Å². The van der Waals surface area contributed by atoms with Gasteiger partial charge in [0.05, 0.1) is 23.1 Å². The third-order valence-corrected chi connectivity index (χ3v) is 4.78. The largest absolute Gasteiger partial charge is 0.325 e. The van der Waals surface area contributed by atoms with Crippen molar-refractivity contribution in [1.82, 2.24) is 14.9 Å². The molecule has 0 saturated heterocycles. The number of allylic oxidation sites excluding steroid dienone is 3. The summed E-state index contributed by atoms with van der Waals surface area (Å²) in [6.45, 7) is 4.25. The Morgan fingerprint density at radius 2 is 2.11 bits per heavy atom. The van der Waals surface area contributed by atoms with Crippen molar-refractivity contribution in [3.63, 3.8) is 0 Å². The van der Waals surface area contributed by atoms with Crippen LogP contribution in [0.1, 0.15) is 13.8 Å². The maximum absolute atomic E-state index is 12.4. The molecule has 0 saturated carbocycles. The fourth-order valence-electron chi connectivity index (χ4n) is 3.48. The number of nitrogens with zero attached hydrogens (tertiary/aromatic N) is 3. The number of amides is 2. The number of hydrogen-bond acceptors (Lipinski definition) is 3. The molecule has 2 amide bonds. The molecule has 2 heterocycles. The Kier molecular flexibility index (Phi) is 4.32. The summed E-state index contributed by atoms with van der Waals surface area (Å²) in [5.74, 6) is -0.0972. The molecule has 0 bridgehead atoms. The number of imidazole rings is 1. The zero-order chi connectivity index (χ0) is 19.0. The number of carbonyl (C=O) groups excluding carboxylic acids is 2. The summed E-state index contributed by atoms with van der Waals surface area (Å²) in [7, 11) is 0. The van der Waals surface area contributed by atoms with E-state index in [2.05, 4.69) is 29.1 Å². The molecule has 136 valence electrons. The molecular weight excluding hydrogens is 340 g/mol. The van der Waals surface area contributed by atoms with E-state index in [0.717, 1.165) is 22.3 Å². The van der Waals surface area contributed by atoms with Gasteiger partial charge in [0.15, 0.2) is 0 Å². The van der Waals surface area contributed by atoms with Gasteiger partial charge >= 0.3 is 0 Å². The quantitative estimate of drug-likeness (QED) is 0.914. The minimum atomic E-state index is -0.269. The van der Waals surface area contributed by atoms with Crippen molar-refractivity contribution in [1.29, 1.82) is 0 Å². The lowest BCUT2D eigenvalue weighted by atomic mass is 9.82. The molecule has 0 fully saturated rings. The van der Waals surface area contributed by atoms with Gasteiger partial charge < -0.3 is 9.88 Å². The van der Waals surface area contributed by atoms with Gasteiger partial charge in [-0.2, -0.15) is 0 Å². The molecular formula is C21H20N4O2. The average Bonchev–Trinajstić information content (AvgIpc) is 3.03. The second kappa shape index (κ2) is 6.79. The highest BCUT2D eigenvalue weighted by atomic mass is 16.2. The first kappa shape index (κ1) is 17.1. The van der Waals surface area contributed by atoms with Gasteiger partial charge in [0, 0.05) is 17.7 Å². The second-order valence-electron chi connectivity index (χ2n) is 7.02. The van der Waals surface area contributed by atoms with Crippen LogP contribution in [0.2, 0.25) is 0 Å². The van der Waals surface area contributed by atoms with Crippen molar-refractivity contribution in [2.75, 3.05) is 0 Å². The number of benzene rings is 1. The third kappa shape index (κ3) is 3.38. The van der Waals surface area contributed by atoms with E-state index >= 15 is 0 Å². The van der Waals surface area contributed by atoms with E-state index in [1.165, 1.54) is 0 Å². The van der Waals surface area contributed by atoms with Crippen molar-refractivity contribution in [3.8, 4) is 0 Å². The molecule has 6 heteroatoms. The zero-order valence-corrected chi connectivity index (χ0v) is 15.2. The molecule has 1 atom stereocenters. The van der Waals surface area contributed by atoms with Gasteiger partial charge in [-0.05, 0) is 35.8 Å². The third-order valence-electron chi connectivity index (χ3n) is 4.78. The number of nitrogens with one attached hydrogen (secondary N) is 1. The molecule has 1 aliphatic heterocycles. The Bertz CT molecular complexity index is 1050. The van der Waals surface area contributed by atoms with Crippen LogP contribution in [0.4, 0.5) is 0 Å². The lowest BCUT2D eigenvalue weighted by Crippen LogP contribution is -2.34. The van der Waals surface area contributed by atoms with Crippen LogP contribution in [0.5, 0.6) is 0 Å². The molecule has 1 aromatic carbocycles. The van der Waals surface area contributed by atoms with Crippen LogP contribution in [-0.2, 0) is 16.1 Å². The van der Waals surface area contributed by atoms with Crippen LogP contribution in [-0.4, -0.2) is 27.1 Å². The molecule has 6 nitrogen and oxygen atoms in total. The second-order valence-corrected chi connectivity index (χ2v) is 7.02. The molecule has 4 rings (SSSR count). The van der Waals surface area contributed by atoms with Gasteiger partial charge in [0.2, 0.25) is 5.91 Å². The average molecular weight is 360 g/mol. The number of carbonyl (C=O) groups is 2. The number of rotatable bonds is 3. The van der Waals surface area contributed by atoms with Crippen LogP contribution in [0, 0.1) is 11.8 Å². The summed E-state index contributed by atoms with van der Waals surface area (Å²) in [4.78, 5) is 32.8. The molecule has 27 heavy (non-hydrogen) atoms. The lowest BCUT2D eigenvalue weighted by molar-refractivity contribution is -0.118. The van der Waals surface area contributed by atoms with E-state index in [-0.39, 0.29) is 30.2 Å². The van der Waals surface area contributed by atoms with Crippen molar-refractivity contribution in [3.05, 3.63) is 66.2 Å². The fraction of sp³-hybridized carbons (Fsp3) is 0.238. The number of aromatic nitrogens is 2. The predicted octanol–water partition coefficient (Wildman–Crippen LogP) is 2.79. The number of hydrogen-bond donors (Lipinski definition) is 1. The van der Waals surface area contributed by atoms with E-state index in [4.69, 9.17) is 0 Å². The van der Waals surface area contributed by atoms with E-state index in [1.54, 1.807) is 23.0 Å². The molecule has 1 N–H and O–H groups in total. The zero-order valence-electron chi connectivity index (χ0n) is 15.2. The Balaban J connectivity index is 1.55. The highest BCUT2D eigenvalue weighted by Crippen LogP contribution is 2.31. The van der Waals surface area contributed by atoms with Crippen molar-refractivity contribution in [2.45, 2.75) is 20.4 Å². The van der Waals surface area contributed by atoms with Gasteiger partial charge in [-0.25, -0.2) is 9.98 Å². The minimum absolute atomic E-state index is 0.0364. The molecule has 0 radical (unpaired) electrons. The Hall–Kier alpha value is -3.28. The Morgan fingerprint density at radius 1 is 1.30 bits per heavy atom. The number of fused-ring (bicyclic) bond motifs is 2. The van der Waals surface area contributed by atoms with Crippen molar-refractivity contribution < 1.29 is 9.59 Å². The smallest absolute Gasteiger partial charge is 0.266 e. The normalized spacial score (nSPS) is 20.5. The maximum Gasteiger partial charge on any atom is 0.266 e. The number of para-hydroxylation sites is 2. The molecule has 2 aliphatic rings. The first-order chi connectivity index (χ1) is 13.0. The summed E-state index contributed by atoms with van der Waals surface area (Å²) >= 11 is 0. The summed E-state index contributed by atoms with van der Waals surface area (Å²) in [6.07, 6.45) is 8.91. The standard InChI is InChI=1S/C21H20N4O2/c1-13(2)16-10-20(26)24-18-9-14(7-8-15(16)18)23-21(27)11-25-12-22-17-5-3-4-6-19(17)25/h3-10,12-13,15H,11H2,1-2H3,(H,24,26). The van der Waals surface area contributed by atoms with Crippen LogP contribution in [0.25, 0.3) is 11.0 Å². The highest BCUT2D eigenvalue weighted by Gasteiger charge is 2.27. The van der Waals surface area contributed by atoms with Crippen LogP contribution in [0.3, 0.4) is 0 Å². The first-order valence-corrected chi connectivity index (χ1v) is 8.95. The highest BCUT2D eigenvalue weighted by molar-refractivity contribution is 6.11. The molecule has 2 aromatic rings. The molecule has 1 aliphatic carbocycles. The minimum Gasteiger partial charge on any atom is -0.325 e. The Labute approximate surface area is 157 Å². The van der Waals surface area contributed by atoms with Gasteiger partial charge in [-0.1, -0.05) is 32.1 Å². The van der Waals surface area contributed by atoms with E-state index in [1.807, 2.05) is 36.4 Å². The maximum atomic E-state index is 12.4. The molecule has 0 spiro atoms. The SMILES string of the molecule is CC(C)C1=CC(=O)NC2=CC(=NC(=O)Cn3cnc4ccccc43)C=CC21. The van der Waals surface area contributed by atoms with E-state index < -0.39 is 0 Å². The van der Waals surface area contributed by atoms with Gasteiger partial charge in [-0.3, -0.25) is 9.59 Å². The lowest BCUT2D eigenvalue weighted by Gasteiger charge is -2.29. The van der Waals surface area contributed by atoms with Gasteiger partial charge in [-0.15, -0.1) is 0 Å². The summed E-state index contributed by atoms with van der Waals surface area (Å²) < 4.78 is 1.78. The monoisotopic (exact) mass is 360 g/mol. The van der Waals surface area contributed by atoms with Gasteiger partial charge in [0.25, 0.3) is 5.91 Å². The van der Waals surface area contributed by atoms with Crippen molar-refractivity contribution >= 4 is 28.6 Å². The topological polar surface area (TPSA) is 76.3 Å². The molecule has 1 aromatic heterocycles. The number of aliphatic imine (C=N–C) groups is 1. The van der Waals surface area contributed by atoms with E-state index in [9.17, 15) is 9.59 Å². The van der Waals surface area contributed by atoms with E-state index in [0.29, 0.717) is 5.71 Å². The summed E-state index contributed by atoms with van der Waals surface area (Å²) in [6, 6.07) is 7.65. The summed E-state index contributed by atoms with van der Waals surface area (Å²) in [5.41, 5.74) is 4.12. The van der Waals surface area contributed by atoms with Crippen LogP contribution >= 0.6 is 0 Å². The fourth-order valence-corrected chi connectivity index (χ4v) is 3.48. The predicted molar refractivity (Wildman–Crippen MR) is 104 cm³/mol. The first-order valence-electron chi connectivity index (χ1n) is 8.95. The summed E-state index contributed by atoms with van der Waals surface area (Å²) in [5, 5.41) is 2.86. The molecule has 1 unspecified atom stereocenters. The Morgan fingerprint density at radius 3 is 2.93 bits per heavy atom.